The minimum atomic E-state index is 0.148. The number of aromatic nitrogens is 1. The van der Waals surface area contributed by atoms with Crippen LogP contribution >= 0.6 is 0 Å². The highest BCUT2D eigenvalue weighted by atomic mass is 15.2. The molecule has 0 spiro atoms. The number of hydrogen-bond acceptors (Lipinski definition) is 3. The largest absolute Gasteiger partial charge is 0.354 e. The highest BCUT2D eigenvalue weighted by Crippen LogP contribution is 2.31. The highest BCUT2D eigenvalue weighted by Gasteiger charge is 2.29. The molecule has 0 radical (unpaired) electrons. The molecule has 2 rings (SSSR count). The molecule has 21 heavy (non-hydrogen) atoms. The second kappa shape index (κ2) is 6.78. The lowest BCUT2D eigenvalue weighted by Crippen LogP contribution is -2.35. The summed E-state index contributed by atoms with van der Waals surface area (Å²) in [6.07, 6.45) is 4.84. The lowest BCUT2D eigenvalue weighted by molar-refractivity contribution is 0.424. The van der Waals surface area contributed by atoms with Crippen LogP contribution in [0.5, 0.6) is 0 Å². The van der Waals surface area contributed by atoms with E-state index in [4.69, 9.17) is 4.98 Å². The molecule has 0 unspecified atom stereocenters. The van der Waals surface area contributed by atoms with Gasteiger partial charge in [0.2, 0.25) is 0 Å². The number of aryl methyl sites for hydroxylation is 1. The summed E-state index contributed by atoms with van der Waals surface area (Å²) >= 11 is 0. The fraction of sp³-hybridized carbons (Fsp3) is 0.722. The Morgan fingerprint density at radius 2 is 1.95 bits per heavy atom. The molecule has 0 amide bonds. The van der Waals surface area contributed by atoms with Crippen molar-refractivity contribution in [2.45, 2.75) is 78.4 Å². The maximum Gasteiger partial charge on any atom is 0.129 e. The fourth-order valence-corrected chi connectivity index (χ4v) is 2.54. The monoisotopic (exact) mass is 289 g/mol. The predicted octanol–water partition coefficient (Wildman–Crippen LogP) is 3.91. The Kier molecular flexibility index (Phi) is 5.26. The van der Waals surface area contributed by atoms with Crippen molar-refractivity contribution >= 4 is 5.82 Å². The summed E-state index contributed by atoms with van der Waals surface area (Å²) in [7, 11) is 0. The molecule has 3 heteroatoms. The Balaban J connectivity index is 2.19. The molecule has 1 aliphatic rings. The minimum absolute atomic E-state index is 0.148. The van der Waals surface area contributed by atoms with Crippen molar-refractivity contribution in [1.82, 2.24) is 10.3 Å². The van der Waals surface area contributed by atoms with Gasteiger partial charge in [0.1, 0.15) is 5.82 Å². The molecule has 1 heterocycles. The zero-order chi connectivity index (χ0) is 15.5. The summed E-state index contributed by atoms with van der Waals surface area (Å²) in [6, 6.07) is 5.26. The van der Waals surface area contributed by atoms with Crippen LogP contribution in [0.1, 0.15) is 65.1 Å². The van der Waals surface area contributed by atoms with Crippen molar-refractivity contribution < 1.29 is 0 Å². The van der Waals surface area contributed by atoms with Crippen molar-refractivity contribution in [3.05, 3.63) is 23.4 Å². The average Bonchev–Trinajstić information content (AvgIpc) is 3.26. The van der Waals surface area contributed by atoms with Crippen molar-refractivity contribution in [2.75, 3.05) is 11.4 Å². The number of pyridine rings is 1. The molecule has 1 aliphatic carbocycles. The van der Waals surface area contributed by atoms with Gasteiger partial charge >= 0.3 is 0 Å². The van der Waals surface area contributed by atoms with E-state index in [0.29, 0.717) is 0 Å². The number of hydrogen-bond donors (Lipinski definition) is 1. The van der Waals surface area contributed by atoms with Crippen LogP contribution < -0.4 is 10.2 Å². The van der Waals surface area contributed by atoms with Crippen LogP contribution in [-0.2, 0) is 13.0 Å². The summed E-state index contributed by atoms with van der Waals surface area (Å²) in [5, 5.41) is 3.59. The molecule has 0 atom stereocenters. The van der Waals surface area contributed by atoms with Gasteiger partial charge in [-0.2, -0.15) is 0 Å². The molecule has 1 aromatic heterocycles. The summed E-state index contributed by atoms with van der Waals surface area (Å²) in [4.78, 5) is 7.39. The number of nitrogens with one attached hydrogen (secondary N) is 1. The van der Waals surface area contributed by atoms with Crippen LogP contribution in [0.15, 0.2) is 12.1 Å². The van der Waals surface area contributed by atoms with Gasteiger partial charge in [-0.3, -0.25) is 0 Å². The number of anilines is 1. The van der Waals surface area contributed by atoms with E-state index in [1.165, 1.54) is 36.3 Å². The van der Waals surface area contributed by atoms with Crippen LogP contribution in [0.3, 0.4) is 0 Å². The zero-order valence-electron chi connectivity index (χ0n) is 14.4. The lowest BCUT2D eigenvalue weighted by Gasteiger charge is -2.25. The van der Waals surface area contributed by atoms with Gasteiger partial charge in [0, 0.05) is 30.4 Å². The first kappa shape index (κ1) is 16.3. The SMILES string of the molecule is CCCN(c1cc(CNC(C)(C)C)cc(CC)n1)C1CC1. The Morgan fingerprint density at radius 3 is 2.48 bits per heavy atom. The van der Waals surface area contributed by atoms with E-state index < -0.39 is 0 Å². The predicted molar refractivity (Wildman–Crippen MR) is 90.9 cm³/mol. The number of nitrogens with zero attached hydrogens (tertiary/aromatic N) is 2. The molecule has 0 saturated heterocycles. The van der Waals surface area contributed by atoms with Gasteiger partial charge in [0.05, 0.1) is 0 Å². The van der Waals surface area contributed by atoms with Gasteiger partial charge in [-0.05, 0) is 64.2 Å². The van der Waals surface area contributed by atoms with E-state index in [-0.39, 0.29) is 5.54 Å². The third-order valence-corrected chi connectivity index (χ3v) is 3.86. The van der Waals surface area contributed by atoms with Gasteiger partial charge < -0.3 is 10.2 Å². The van der Waals surface area contributed by atoms with Crippen LogP contribution in [0.25, 0.3) is 0 Å². The number of rotatable bonds is 7. The molecule has 1 saturated carbocycles. The van der Waals surface area contributed by atoms with Crippen molar-refractivity contribution in [2.24, 2.45) is 0 Å². The molecular weight excluding hydrogens is 258 g/mol. The molecule has 1 N–H and O–H groups in total. The molecule has 118 valence electrons. The van der Waals surface area contributed by atoms with Crippen LogP contribution in [-0.4, -0.2) is 23.1 Å². The summed E-state index contributed by atoms with van der Waals surface area (Å²) in [5.74, 6) is 1.18. The molecule has 1 aromatic rings. The second-order valence-corrected chi connectivity index (χ2v) is 7.21. The summed E-state index contributed by atoms with van der Waals surface area (Å²) < 4.78 is 0. The van der Waals surface area contributed by atoms with E-state index in [1.807, 2.05) is 0 Å². The first-order valence-corrected chi connectivity index (χ1v) is 8.44. The normalized spacial score (nSPS) is 15.3. The van der Waals surface area contributed by atoms with Crippen LogP contribution in [0, 0.1) is 0 Å². The van der Waals surface area contributed by atoms with E-state index in [9.17, 15) is 0 Å². The van der Waals surface area contributed by atoms with E-state index in [0.717, 1.165) is 25.6 Å². The van der Waals surface area contributed by atoms with Gasteiger partial charge in [-0.1, -0.05) is 13.8 Å². The maximum atomic E-state index is 4.87. The molecule has 0 aliphatic heterocycles. The summed E-state index contributed by atoms with van der Waals surface area (Å²) in [5.41, 5.74) is 2.71. The van der Waals surface area contributed by atoms with Crippen LogP contribution in [0.4, 0.5) is 5.82 Å². The first-order valence-electron chi connectivity index (χ1n) is 8.44. The third kappa shape index (κ3) is 4.99. The Bertz CT molecular complexity index is 458. The van der Waals surface area contributed by atoms with Gasteiger partial charge in [0.15, 0.2) is 0 Å². The van der Waals surface area contributed by atoms with Crippen LogP contribution in [0.2, 0.25) is 0 Å². The lowest BCUT2D eigenvalue weighted by atomic mass is 10.1. The first-order chi connectivity index (χ1) is 9.93. The standard InChI is InChI=1S/C18H31N3/c1-6-10-21(16-8-9-16)17-12-14(11-15(7-2)20-17)13-19-18(3,4)5/h11-12,16,19H,6-10,13H2,1-5H3. The molecule has 0 aromatic carbocycles. The quantitative estimate of drug-likeness (QED) is 0.825. The van der Waals surface area contributed by atoms with Crippen molar-refractivity contribution in [3.8, 4) is 0 Å². The average molecular weight is 289 g/mol. The zero-order valence-corrected chi connectivity index (χ0v) is 14.4. The molecular formula is C18H31N3. The molecule has 3 nitrogen and oxygen atoms in total. The smallest absolute Gasteiger partial charge is 0.129 e. The Morgan fingerprint density at radius 1 is 1.24 bits per heavy atom. The van der Waals surface area contributed by atoms with E-state index >= 15 is 0 Å². The Labute approximate surface area is 130 Å². The van der Waals surface area contributed by atoms with E-state index in [2.05, 4.69) is 57.0 Å². The van der Waals surface area contributed by atoms with Crippen molar-refractivity contribution in [3.63, 3.8) is 0 Å². The third-order valence-electron chi connectivity index (χ3n) is 3.86. The van der Waals surface area contributed by atoms with E-state index in [1.54, 1.807) is 0 Å². The van der Waals surface area contributed by atoms with Gasteiger partial charge in [0.25, 0.3) is 0 Å². The fourth-order valence-electron chi connectivity index (χ4n) is 2.54. The second-order valence-electron chi connectivity index (χ2n) is 7.21. The molecule has 0 bridgehead atoms. The van der Waals surface area contributed by atoms with Crippen molar-refractivity contribution in [1.29, 1.82) is 0 Å². The minimum Gasteiger partial charge on any atom is -0.354 e. The topological polar surface area (TPSA) is 28.2 Å². The highest BCUT2D eigenvalue weighted by molar-refractivity contribution is 5.45. The molecule has 1 fully saturated rings. The van der Waals surface area contributed by atoms with Gasteiger partial charge in [-0.15, -0.1) is 0 Å². The summed E-state index contributed by atoms with van der Waals surface area (Å²) in [6.45, 7) is 13.1. The van der Waals surface area contributed by atoms with Gasteiger partial charge in [-0.25, -0.2) is 4.98 Å². The maximum absolute atomic E-state index is 4.87. The Hall–Kier alpha value is -1.09.